The van der Waals surface area contributed by atoms with Crippen LogP contribution in [0.3, 0.4) is 0 Å². The minimum atomic E-state index is -0.207. The van der Waals surface area contributed by atoms with Crippen molar-refractivity contribution in [1.82, 2.24) is 4.98 Å². The summed E-state index contributed by atoms with van der Waals surface area (Å²) in [4.78, 5) is 28.4. The van der Waals surface area contributed by atoms with E-state index in [0.717, 1.165) is 10.0 Å². The molecule has 0 radical (unpaired) electrons. The number of carbonyl (C=O) groups excluding carboxylic acids is 2. The standard InChI is InChI=1S/C21H15BrN2O2/c22-18-5-1-4-17(13-18)21(26)24-19-9-7-16(8-10-19)20(25)11-6-15-3-2-12-23-14-15/h1-14H,(H,24,26). The van der Waals surface area contributed by atoms with Gasteiger partial charge in [-0.15, -0.1) is 0 Å². The molecule has 0 spiro atoms. The normalized spacial score (nSPS) is 10.7. The van der Waals surface area contributed by atoms with Crippen LogP contribution in [0, 0.1) is 0 Å². The highest BCUT2D eigenvalue weighted by molar-refractivity contribution is 9.10. The third-order valence-electron chi connectivity index (χ3n) is 3.63. The molecule has 3 aromatic rings. The summed E-state index contributed by atoms with van der Waals surface area (Å²) in [6.07, 6.45) is 6.59. The summed E-state index contributed by atoms with van der Waals surface area (Å²) < 4.78 is 0.839. The van der Waals surface area contributed by atoms with E-state index in [-0.39, 0.29) is 11.7 Å². The maximum Gasteiger partial charge on any atom is 0.255 e. The average Bonchev–Trinajstić information content (AvgIpc) is 2.67. The maximum atomic E-state index is 12.2. The highest BCUT2D eigenvalue weighted by atomic mass is 79.9. The smallest absolute Gasteiger partial charge is 0.255 e. The Hall–Kier alpha value is -3.05. The fourth-order valence-corrected chi connectivity index (χ4v) is 2.69. The molecule has 1 heterocycles. The molecule has 26 heavy (non-hydrogen) atoms. The number of benzene rings is 2. The van der Waals surface area contributed by atoms with Gasteiger partial charge in [-0.05, 0) is 66.2 Å². The monoisotopic (exact) mass is 406 g/mol. The van der Waals surface area contributed by atoms with Gasteiger partial charge in [0.2, 0.25) is 0 Å². The van der Waals surface area contributed by atoms with Gasteiger partial charge in [0, 0.05) is 33.7 Å². The lowest BCUT2D eigenvalue weighted by Crippen LogP contribution is -2.11. The predicted octanol–water partition coefficient (Wildman–Crippen LogP) is 4.99. The molecule has 0 aliphatic heterocycles. The molecule has 3 rings (SSSR count). The van der Waals surface area contributed by atoms with E-state index in [1.165, 1.54) is 6.08 Å². The first-order chi connectivity index (χ1) is 12.6. The lowest BCUT2D eigenvalue weighted by molar-refractivity contribution is 0.102. The van der Waals surface area contributed by atoms with Gasteiger partial charge in [-0.2, -0.15) is 0 Å². The molecule has 0 aliphatic carbocycles. The molecule has 0 atom stereocenters. The van der Waals surface area contributed by atoms with Crippen LogP contribution in [0.1, 0.15) is 26.3 Å². The van der Waals surface area contributed by atoms with Gasteiger partial charge in [-0.3, -0.25) is 14.6 Å². The number of anilines is 1. The van der Waals surface area contributed by atoms with Crippen molar-refractivity contribution in [3.63, 3.8) is 0 Å². The van der Waals surface area contributed by atoms with Crippen LogP contribution < -0.4 is 5.32 Å². The SMILES string of the molecule is O=C(C=Cc1cccnc1)c1ccc(NC(=O)c2cccc(Br)c2)cc1. The van der Waals surface area contributed by atoms with Crippen molar-refractivity contribution < 1.29 is 9.59 Å². The van der Waals surface area contributed by atoms with Gasteiger partial charge in [0.25, 0.3) is 5.91 Å². The second kappa shape index (κ2) is 8.36. The zero-order valence-electron chi connectivity index (χ0n) is 13.7. The first-order valence-electron chi connectivity index (χ1n) is 7.91. The molecule has 0 fully saturated rings. The number of ketones is 1. The van der Waals surface area contributed by atoms with Crippen LogP contribution >= 0.6 is 15.9 Å². The Morgan fingerprint density at radius 3 is 2.46 bits per heavy atom. The number of rotatable bonds is 5. The van der Waals surface area contributed by atoms with Crippen molar-refractivity contribution in [1.29, 1.82) is 0 Å². The number of allylic oxidation sites excluding steroid dienone is 1. The van der Waals surface area contributed by atoms with Gasteiger partial charge in [0.05, 0.1) is 0 Å². The van der Waals surface area contributed by atoms with E-state index in [1.54, 1.807) is 60.9 Å². The molecular formula is C21H15BrN2O2. The predicted molar refractivity (Wildman–Crippen MR) is 106 cm³/mol. The number of nitrogens with one attached hydrogen (secondary N) is 1. The molecule has 128 valence electrons. The van der Waals surface area contributed by atoms with E-state index in [2.05, 4.69) is 26.2 Å². The molecule has 1 aromatic heterocycles. The first-order valence-corrected chi connectivity index (χ1v) is 8.70. The number of carbonyl (C=O) groups is 2. The van der Waals surface area contributed by atoms with Crippen LogP contribution in [0.5, 0.6) is 0 Å². The van der Waals surface area contributed by atoms with Gasteiger partial charge in [-0.1, -0.05) is 28.1 Å². The summed E-state index contributed by atoms with van der Waals surface area (Å²) in [5.74, 6) is -0.319. The fraction of sp³-hybridized carbons (Fsp3) is 0. The zero-order valence-corrected chi connectivity index (χ0v) is 15.3. The minimum absolute atomic E-state index is 0.112. The topological polar surface area (TPSA) is 59.1 Å². The lowest BCUT2D eigenvalue weighted by atomic mass is 10.1. The van der Waals surface area contributed by atoms with Crippen LogP contribution in [-0.4, -0.2) is 16.7 Å². The number of nitrogens with zero attached hydrogens (tertiary/aromatic N) is 1. The van der Waals surface area contributed by atoms with Crippen LogP contribution in [0.2, 0.25) is 0 Å². The Morgan fingerprint density at radius 2 is 1.77 bits per heavy atom. The Kier molecular flexibility index (Phi) is 5.71. The molecule has 0 unspecified atom stereocenters. The molecule has 0 saturated heterocycles. The van der Waals surface area contributed by atoms with E-state index in [9.17, 15) is 9.59 Å². The van der Waals surface area contributed by atoms with Crippen LogP contribution in [0.25, 0.3) is 6.08 Å². The van der Waals surface area contributed by atoms with Gasteiger partial charge < -0.3 is 5.32 Å². The molecule has 0 aliphatic rings. The van der Waals surface area contributed by atoms with Crippen LogP contribution in [0.4, 0.5) is 5.69 Å². The Balaban J connectivity index is 1.65. The molecule has 4 nitrogen and oxygen atoms in total. The summed E-state index contributed by atoms with van der Waals surface area (Å²) in [7, 11) is 0. The summed E-state index contributed by atoms with van der Waals surface area (Å²) in [6, 6.07) is 17.6. The second-order valence-corrected chi connectivity index (χ2v) is 6.44. The highest BCUT2D eigenvalue weighted by Gasteiger charge is 2.07. The van der Waals surface area contributed by atoms with E-state index < -0.39 is 0 Å². The van der Waals surface area contributed by atoms with Crippen molar-refractivity contribution >= 4 is 39.4 Å². The summed E-state index contributed by atoms with van der Waals surface area (Å²) in [5.41, 5.74) is 2.59. The largest absolute Gasteiger partial charge is 0.322 e. The van der Waals surface area contributed by atoms with Crippen molar-refractivity contribution in [2.24, 2.45) is 0 Å². The highest BCUT2D eigenvalue weighted by Crippen LogP contribution is 2.15. The molecular weight excluding hydrogens is 392 g/mol. The van der Waals surface area contributed by atoms with Gasteiger partial charge in [-0.25, -0.2) is 0 Å². The summed E-state index contributed by atoms with van der Waals surface area (Å²) in [6.45, 7) is 0. The zero-order chi connectivity index (χ0) is 18.4. The fourth-order valence-electron chi connectivity index (χ4n) is 2.29. The summed E-state index contributed by atoms with van der Waals surface area (Å²) in [5, 5.41) is 2.81. The first kappa shape index (κ1) is 17.8. The average molecular weight is 407 g/mol. The molecule has 5 heteroatoms. The molecule has 0 bridgehead atoms. The summed E-state index contributed by atoms with van der Waals surface area (Å²) >= 11 is 3.35. The second-order valence-electron chi connectivity index (χ2n) is 5.53. The molecule has 0 saturated carbocycles. The number of hydrogen-bond donors (Lipinski definition) is 1. The van der Waals surface area contributed by atoms with Crippen molar-refractivity contribution in [3.8, 4) is 0 Å². The number of aromatic nitrogens is 1. The maximum absolute atomic E-state index is 12.2. The number of amides is 1. The van der Waals surface area contributed by atoms with Gasteiger partial charge in [0.1, 0.15) is 0 Å². The number of pyridine rings is 1. The van der Waals surface area contributed by atoms with Crippen molar-refractivity contribution in [3.05, 3.63) is 100 Å². The number of hydrogen-bond acceptors (Lipinski definition) is 3. The van der Waals surface area contributed by atoms with E-state index >= 15 is 0 Å². The van der Waals surface area contributed by atoms with Crippen LogP contribution in [0.15, 0.2) is 83.6 Å². The Labute approximate surface area is 159 Å². The van der Waals surface area contributed by atoms with E-state index in [4.69, 9.17) is 0 Å². The van der Waals surface area contributed by atoms with Crippen molar-refractivity contribution in [2.45, 2.75) is 0 Å². The van der Waals surface area contributed by atoms with Gasteiger partial charge in [0.15, 0.2) is 5.78 Å². The Bertz CT molecular complexity index is 951. The third kappa shape index (κ3) is 4.74. The van der Waals surface area contributed by atoms with Crippen LogP contribution in [-0.2, 0) is 0 Å². The minimum Gasteiger partial charge on any atom is -0.322 e. The van der Waals surface area contributed by atoms with Gasteiger partial charge >= 0.3 is 0 Å². The third-order valence-corrected chi connectivity index (χ3v) is 4.12. The van der Waals surface area contributed by atoms with E-state index in [0.29, 0.717) is 16.8 Å². The Morgan fingerprint density at radius 1 is 0.962 bits per heavy atom. The molecule has 1 N–H and O–H groups in total. The lowest BCUT2D eigenvalue weighted by Gasteiger charge is -2.06. The molecule has 1 amide bonds. The molecule has 2 aromatic carbocycles. The quantitative estimate of drug-likeness (QED) is 0.479. The number of halogens is 1. The van der Waals surface area contributed by atoms with Crippen molar-refractivity contribution in [2.75, 3.05) is 5.32 Å². The van der Waals surface area contributed by atoms with E-state index in [1.807, 2.05) is 18.2 Å².